The Kier molecular flexibility index (Phi) is 7.26. The molecule has 1 aromatic heterocycles. The molecule has 2 heterocycles. The van der Waals surface area contributed by atoms with Crippen LogP contribution in [-0.2, 0) is 0 Å². The van der Waals surface area contributed by atoms with Gasteiger partial charge in [0.15, 0.2) is 0 Å². The number of benzene rings is 2. The van der Waals surface area contributed by atoms with Gasteiger partial charge in [-0.05, 0) is 48.6 Å². The molecule has 0 saturated carbocycles. The molecule has 0 spiro atoms. The molecule has 0 radical (unpaired) electrons. The van der Waals surface area contributed by atoms with Gasteiger partial charge in [-0.1, -0.05) is 36.4 Å². The number of carbonyl (C=O) groups excluding carboxylic acids is 1. The Morgan fingerprint density at radius 3 is 2.53 bits per heavy atom. The lowest BCUT2D eigenvalue weighted by atomic mass is 9.91. The van der Waals surface area contributed by atoms with Gasteiger partial charge in [0.05, 0.1) is 23.9 Å². The maximum Gasteiger partial charge on any atom is 0.253 e. The number of aliphatic hydroxyl groups is 2. The molecular formula is C23H26ClN3O3. The largest absolute Gasteiger partial charge is 0.394 e. The summed E-state index contributed by atoms with van der Waals surface area (Å²) >= 11 is 0. The van der Waals surface area contributed by atoms with E-state index in [1.54, 1.807) is 0 Å². The molecule has 2 aromatic carbocycles. The number of rotatable bonds is 5. The summed E-state index contributed by atoms with van der Waals surface area (Å²) in [4.78, 5) is 14.6. The number of nitrogens with one attached hydrogen (secondary N) is 1. The zero-order valence-corrected chi connectivity index (χ0v) is 17.4. The normalized spacial score (nSPS) is 16.0. The maximum absolute atomic E-state index is 12.7. The number of amides is 1. The van der Waals surface area contributed by atoms with E-state index in [1.165, 1.54) is 0 Å². The molecule has 0 aliphatic carbocycles. The number of fused-ring (bicyclic) bond motifs is 1. The highest BCUT2D eigenvalue weighted by atomic mass is 35.5. The van der Waals surface area contributed by atoms with E-state index in [1.807, 2.05) is 65.6 Å². The van der Waals surface area contributed by atoms with Crippen molar-refractivity contribution in [3.8, 4) is 0 Å². The van der Waals surface area contributed by atoms with Crippen LogP contribution >= 0.6 is 12.4 Å². The minimum Gasteiger partial charge on any atom is -0.394 e. The third kappa shape index (κ3) is 4.73. The van der Waals surface area contributed by atoms with Gasteiger partial charge in [-0.2, -0.15) is 5.10 Å². The average molecular weight is 428 g/mol. The Labute approximate surface area is 181 Å². The first-order valence-corrected chi connectivity index (χ1v) is 9.95. The van der Waals surface area contributed by atoms with E-state index >= 15 is 0 Å². The summed E-state index contributed by atoms with van der Waals surface area (Å²) in [5.74, 6) is 0.0745. The fourth-order valence-corrected chi connectivity index (χ4v) is 3.84. The Balaban J connectivity index is 0.00000256. The minimum atomic E-state index is -0.690. The molecule has 158 valence electrons. The number of aromatic nitrogens is 2. The van der Waals surface area contributed by atoms with Gasteiger partial charge in [-0.3, -0.25) is 9.89 Å². The molecule has 1 atom stereocenters. The van der Waals surface area contributed by atoms with E-state index in [-0.39, 0.29) is 30.8 Å². The van der Waals surface area contributed by atoms with Crippen LogP contribution in [0.3, 0.4) is 0 Å². The number of aromatic amines is 1. The van der Waals surface area contributed by atoms with Gasteiger partial charge < -0.3 is 15.1 Å². The second-order valence-electron chi connectivity index (χ2n) is 7.49. The quantitative estimate of drug-likeness (QED) is 0.582. The number of H-pyrrole nitrogens is 1. The molecule has 0 bridgehead atoms. The standard InChI is InChI=1S/C23H25N3O3.ClH/c27-15-22(28)17-11-13-26(14-12-17)23(29)18-8-5-16(6-9-18)7-10-21-19-3-1-2-4-20(19)24-25-21;/h1-10,17,22,27-28H,11-15H2,(H,24,25);1H. The third-order valence-corrected chi connectivity index (χ3v) is 5.65. The van der Waals surface area contributed by atoms with Crippen LogP contribution in [0.15, 0.2) is 48.5 Å². The van der Waals surface area contributed by atoms with E-state index in [0.29, 0.717) is 31.5 Å². The van der Waals surface area contributed by atoms with Crippen molar-refractivity contribution in [3.63, 3.8) is 0 Å². The highest BCUT2D eigenvalue weighted by Gasteiger charge is 2.27. The Morgan fingerprint density at radius 1 is 1.13 bits per heavy atom. The van der Waals surface area contributed by atoms with Crippen LogP contribution in [0.5, 0.6) is 0 Å². The van der Waals surface area contributed by atoms with Crippen molar-refractivity contribution in [2.24, 2.45) is 5.92 Å². The van der Waals surface area contributed by atoms with Crippen LogP contribution in [-0.4, -0.2) is 57.0 Å². The van der Waals surface area contributed by atoms with Crippen molar-refractivity contribution < 1.29 is 15.0 Å². The highest BCUT2D eigenvalue weighted by Crippen LogP contribution is 2.22. The molecule has 6 nitrogen and oxygen atoms in total. The van der Waals surface area contributed by atoms with Gasteiger partial charge in [0.2, 0.25) is 0 Å². The molecule has 1 fully saturated rings. The van der Waals surface area contributed by atoms with Gasteiger partial charge >= 0.3 is 0 Å². The summed E-state index contributed by atoms with van der Waals surface area (Å²) in [5, 5.41) is 27.3. The van der Waals surface area contributed by atoms with Crippen molar-refractivity contribution in [1.29, 1.82) is 0 Å². The maximum atomic E-state index is 12.7. The first-order chi connectivity index (χ1) is 14.2. The predicted molar refractivity (Wildman–Crippen MR) is 120 cm³/mol. The fourth-order valence-electron chi connectivity index (χ4n) is 3.84. The lowest BCUT2D eigenvalue weighted by Crippen LogP contribution is -2.42. The number of nitrogens with zero attached hydrogens (tertiary/aromatic N) is 2. The smallest absolute Gasteiger partial charge is 0.253 e. The molecule has 1 saturated heterocycles. The minimum absolute atomic E-state index is 0. The number of para-hydroxylation sites is 1. The van der Waals surface area contributed by atoms with Gasteiger partial charge in [-0.25, -0.2) is 0 Å². The summed E-state index contributed by atoms with van der Waals surface area (Å²) < 4.78 is 0. The second kappa shape index (κ2) is 9.89. The number of carbonyl (C=O) groups is 1. The first-order valence-electron chi connectivity index (χ1n) is 9.95. The average Bonchev–Trinajstić information content (AvgIpc) is 3.20. The van der Waals surface area contributed by atoms with Crippen LogP contribution < -0.4 is 0 Å². The molecule has 30 heavy (non-hydrogen) atoms. The van der Waals surface area contributed by atoms with Gasteiger partial charge in [0, 0.05) is 24.0 Å². The van der Waals surface area contributed by atoms with Crippen molar-refractivity contribution in [3.05, 3.63) is 65.4 Å². The summed E-state index contributed by atoms with van der Waals surface area (Å²) in [6, 6.07) is 15.5. The van der Waals surface area contributed by atoms with E-state index in [0.717, 1.165) is 22.2 Å². The number of halogens is 1. The topological polar surface area (TPSA) is 89.5 Å². The molecule has 1 unspecified atom stereocenters. The summed E-state index contributed by atoms with van der Waals surface area (Å²) in [6.45, 7) is 0.991. The predicted octanol–water partition coefficient (Wildman–Crippen LogP) is 3.36. The second-order valence-corrected chi connectivity index (χ2v) is 7.49. The number of hydrogen-bond donors (Lipinski definition) is 3. The van der Waals surface area contributed by atoms with Crippen LogP contribution in [0.25, 0.3) is 23.1 Å². The van der Waals surface area contributed by atoms with Crippen LogP contribution in [0.4, 0.5) is 0 Å². The van der Waals surface area contributed by atoms with E-state index in [2.05, 4.69) is 10.2 Å². The van der Waals surface area contributed by atoms with E-state index in [4.69, 9.17) is 5.11 Å². The lowest BCUT2D eigenvalue weighted by molar-refractivity contribution is 0.0179. The van der Waals surface area contributed by atoms with Crippen LogP contribution in [0.2, 0.25) is 0 Å². The van der Waals surface area contributed by atoms with E-state index < -0.39 is 6.10 Å². The van der Waals surface area contributed by atoms with Crippen LogP contribution in [0.1, 0.15) is 34.5 Å². The first kappa shape index (κ1) is 22.0. The molecule has 1 aliphatic rings. The third-order valence-electron chi connectivity index (χ3n) is 5.65. The SMILES string of the molecule is Cl.O=C(c1ccc(C=Cc2n[nH]c3ccccc23)cc1)N1CCC(C(O)CO)CC1. The van der Waals surface area contributed by atoms with Crippen molar-refractivity contribution in [2.75, 3.05) is 19.7 Å². The van der Waals surface area contributed by atoms with Crippen LogP contribution in [0, 0.1) is 5.92 Å². The van der Waals surface area contributed by atoms with Gasteiger partial charge in [0.25, 0.3) is 5.91 Å². The molecule has 1 aliphatic heterocycles. The molecular weight excluding hydrogens is 402 g/mol. The summed E-state index contributed by atoms with van der Waals surface area (Å²) in [6.07, 6.45) is 4.69. The fraction of sp³-hybridized carbons (Fsp3) is 0.304. The Bertz CT molecular complexity index is 1010. The zero-order valence-electron chi connectivity index (χ0n) is 16.6. The molecule has 4 rings (SSSR count). The van der Waals surface area contributed by atoms with Gasteiger partial charge in [-0.15, -0.1) is 12.4 Å². The molecule has 7 heteroatoms. The van der Waals surface area contributed by atoms with Crippen molar-refractivity contribution >= 4 is 41.4 Å². The number of hydrogen-bond acceptors (Lipinski definition) is 4. The molecule has 3 N–H and O–H groups in total. The number of likely N-dealkylation sites (tertiary alicyclic amines) is 1. The summed E-state index contributed by atoms with van der Waals surface area (Å²) in [5.41, 5.74) is 3.55. The summed E-state index contributed by atoms with van der Waals surface area (Å²) in [7, 11) is 0. The van der Waals surface area contributed by atoms with Crippen molar-refractivity contribution in [1.82, 2.24) is 15.1 Å². The Morgan fingerprint density at radius 2 is 1.83 bits per heavy atom. The number of aliphatic hydroxyl groups excluding tert-OH is 2. The van der Waals surface area contributed by atoms with E-state index in [9.17, 15) is 9.90 Å². The number of piperidine rings is 1. The zero-order chi connectivity index (χ0) is 20.2. The Hall–Kier alpha value is -2.67. The lowest BCUT2D eigenvalue weighted by Gasteiger charge is -2.33. The monoisotopic (exact) mass is 427 g/mol. The van der Waals surface area contributed by atoms with Gasteiger partial charge in [0.1, 0.15) is 0 Å². The highest BCUT2D eigenvalue weighted by molar-refractivity contribution is 5.95. The molecule has 1 amide bonds. The van der Waals surface area contributed by atoms with Crippen molar-refractivity contribution in [2.45, 2.75) is 18.9 Å². The molecule has 3 aromatic rings.